The highest BCUT2D eigenvalue weighted by molar-refractivity contribution is 8.68. The molecule has 3 nitrogen and oxygen atoms in total. The minimum atomic E-state index is 0.491. The van der Waals surface area contributed by atoms with Crippen LogP contribution in [0.2, 0.25) is 0 Å². The molecule has 0 fully saturated rings. The fourth-order valence-corrected chi connectivity index (χ4v) is 2.32. The first kappa shape index (κ1) is 14.8. The summed E-state index contributed by atoms with van der Waals surface area (Å²) in [6.45, 7) is 0.764. The maximum atomic E-state index is 6.16. The number of rotatable bonds is 5. The van der Waals surface area contributed by atoms with E-state index in [9.17, 15) is 0 Å². The zero-order chi connectivity index (χ0) is 14.2. The molecule has 0 aromatic heterocycles. The average Bonchev–Trinajstić information content (AvgIpc) is 2.50. The monoisotopic (exact) mass is 303 g/mol. The zero-order valence-electron chi connectivity index (χ0n) is 11.0. The lowest BCUT2D eigenvalue weighted by Crippen LogP contribution is -2.38. The summed E-state index contributed by atoms with van der Waals surface area (Å²) < 4.78 is 0. The van der Waals surface area contributed by atoms with Gasteiger partial charge in [0.15, 0.2) is 0 Å². The van der Waals surface area contributed by atoms with E-state index >= 15 is 0 Å². The number of para-hydroxylation sites is 2. The highest BCUT2D eigenvalue weighted by Gasteiger charge is 2.10. The van der Waals surface area contributed by atoms with E-state index in [4.69, 9.17) is 5.73 Å². The number of hydrogen-bond acceptors (Lipinski definition) is 3. The highest BCUT2D eigenvalue weighted by Crippen LogP contribution is 2.17. The van der Waals surface area contributed by atoms with Crippen LogP contribution in [-0.2, 0) is 0 Å². The Morgan fingerprint density at radius 3 is 2.25 bits per heavy atom. The Balaban J connectivity index is 2.24. The summed E-state index contributed by atoms with van der Waals surface area (Å²) in [6, 6.07) is 19.7. The first-order chi connectivity index (χ1) is 9.81. The predicted molar refractivity (Wildman–Crippen MR) is 93.0 cm³/mol. The lowest BCUT2D eigenvalue weighted by Gasteiger charge is -2.23. The summed E-state index contributed by atoms with van der Waals surface area (Å²) in [5.41, 5.74) is 8.05. The topological polar surface area (TPSA) is 41.6 Å². The quantitative estimate of drug-likeness (QED) is 0.383. The van der Waals surface area contributed by atoms with Crippen molar-refractivity contribution in [1.82, 2.24) is 0 Å². The molecule has 0 spiro atoms. The molecule has 104 valence electrons. The number of guanidine groups is 1. The van der Waals surface area contributed by atoms with E-state index in [-0.39, 0.29) is 0 Å². The first-order valence-corrected chi connectivity index (χ1v) is 8.33. The molecule has 0 unspecified atom stereocenters. The third kappa shape index (κ3) is 4.21. The van der Waals surface area contributed by atoms with Gasteiger partial charge in [-0.3, -0.25) is 0 Å². The van der Waals surface area contributed by atoms with E-state index in [0.717, 1.165) is 23.7 Å². The summed E-state index contributed by atoms with van der Waals surface area (Å²) in [7, 11) is 1.49. The summed E-state index contributed by atoms with van der Waals surface area (Å²) >= 11 is 4.18. The Hall–Kier alpha value is -1.59. The van der Waals surface area contributed by atoms with Gasteiger partial charge in [-0.25, -0.2) is 4.99 Å². The van der Waals surface area contributed by atoms with Gasteiger partial charge in [0, 0.05) is 18.0 Å². The van der Waals surface area contributed by atoms with Crippen molar-refractivity contribution in [3.05, 3.63) is 60.7 Å². The van der Waals surface area contributed by atoms with Crippen LogP contribution < -0.4 is 10.6 Å². The van der Waals surface area contributed by atoms with Crippen molar-refractivity contribution < 1.29 is 0 Å². The molecule has 20 heavy (non-hydrogen) atoms. The lowest BCUT2D eigenvalue weighted by atomic mass is 10.3. The summed E-state index contributed by atoms with van der Waals surface area (Å²) in [5, 5.41) is 0. The first-order valence-electron chi connectivity index (χ1n) is 6.29. The van der Waals surface area contributed by atoms with Gasteiger partial charge in [-0.1, -0.05) is 47.2 Å². The van der Waals surface area contributed by atoms with Crippen LogP contribution in [-0.4, -0.2) is 18.3 Å². The molecule has 5 heteroatoms. The zero-order valence-corrected chi connectivity index (χ0v) is 12.7. The second kappa shape index (κ2) is 7.87. The fraction of sp³-hybridized carbons (Fsp3) is 0.133. The Kier molecular flexibility index (Phi) is 5.83. The average molecular weight is 303 g/mol. The Bertz CT molecular complexity index is 544. The maximum absolute atomic E-state index is 6.16. The van der Waals surface area contributed by atoms with E-state index in [0.29, 0.717) is 5.96 Å². The van der Waals surface area contributed by atoms with Crippen molar-refractivity contribution in [1.29, 1.82) is 0 Å². The lowest BCUT2D eigenvalue weighted by molar-refractivity contribution is 1.05. The predicted octanol–water partition coefficient (Wildman–Crippen LogP) is 3.72. The van der Waals surface area contributed by atoms with Crippen LogP contribution >= 0.6 is 22.5 Å². The van der Waals surface area contributed by atoms with Crippen LogP contribution in [0.15, 0.2) is 65.7 Å². The maximum Gasteiger partial charge on any atom is 0.201 e. The molecule has 0 saturated carbocycles. The van der Waals surface area contributed by atoms with Gasteiger partial charge in [0.05, 0.1) is 5.69 Å². The molecule has 0 atom stereocenters. The van der Waals surface area contributed by atoms with Gasteiger partial charge in [0.1, 0.15) is 0 Å². The minimum absolute atomic E-state index is 0.491. The van der Waals surface area contributed by atoms with Gasteiger partial charge in [0.25, 0.3) is 0 Å². The Labute approximate surface area is 128 Å². The van der Waals surface area contributed by atoms with Crippen molar-refractivity contribution >= 4 is 39.8 Å². The molecule has 2 aromatic carbocycles. The number of benzene rings is 2. The van der Waals surface area contributed by atoms with Gasteiger partial charge < -0.3 is 10.6 Å². The molecular weight excluding hydrogens is 286 g/mol. The fourth-order valence-electron chi connectivity index (χ4n) is 1.81. The molecule has 0 radical (unpaired) electrons. The number of aliphatic imine (C=N–C) groups is 1. The molecule has 0 amide bonds. The van der Waals surface area contributed by atoms with Crippen LogP contribution in [0, 0.1) is 0 Å². The SMILES string of the molecule is NC(=Nc1ccccc1)N(CCSS)c1ccccc1. The van der Waals surface area contributed by atoms with E-state index in [2.05, 4.69) is 16.7 Å². The largest absolute Gasteiger partial charge is 0.369 e. The van der Waals surface area contributed by atoms with E-state index in [1.807, 2.05) is 65.6 Å². The van der Waals surface area contributed by atoms with Gasteiger partial charge in [-0.05, 0) is 24.3 Å². The summed E-state index contributed by atoms with van der Waals surface area (Å²) in [4.78, 5) is 6.47. The van der Waals surface area contributed by atoms with Gasteiger partial charge in [-0.15, -0.1) is 11.7 Å². The van der Waals surface area contributed by atoms with Crippen molar-refractivity contribution in [2.75, 3.05) is 17.2 Å². The molecule has 0 aliphatic carbocycles. The number of nitrogens with zero attached hydrogens (tertiary/aromatic N) is 2. The van der Waals surface area contributed by atoms with Gasteiger partial charge in [0.2, 0.25) is 5.96 Å². The van der Waals surface area contributed by atoms with Crippen LogP contribution in [0.25, 0.3) is 0 Å². The van der Waals surface area contributed by atoms with E-state index in [1.54, 1.807) is 0 Å². The van der Waals surface area contributed by atoms with Crippen LogP contribution in [0.5, 0.6) is 0 Å². The van der Waals surface area contributed by atoms with Crippen molar-refractivity contribution in [2.45, 2.75) is 0 Å². The van der Waals surface area contributed by atoms with E-state index < -0.39 is 0 Å². The second-order valence-electron chi connectivity index (χ2n) is 4.13. The highest BCUT2D eigenvalue weighted by atomic mass is 33.1. The van der Waals surface area contributed by atoms with Gasteiger partial charge in [-0.2, -0.15) is 0 Å². The number of nitrogens with two attached hydrogens (primary N) is 1. The molecule has 2 rings (SSSR count). The summed E-state index contributed by atoms with van der Waals surface area (Å²) in [6.07, 6.45) is 0. The Morgan fingerprint density at radius 1 is 1.05 bits per heavy atom. The smallest absolute Gasteiger partial charge is 0.201 e. The van der Waals surface area contributed by atoms with Crippen molar-refractivity contribution in [2.24, 2.45) is 10.7 Å². The molecule has 2 aromatic rings. The summed E-state index contributed by atoms with van der Waals surface area (Å²) in [5.74, 6) is 1.35. The molecule has 2 N–H and O–H groups in total. The number of hydrogen-bond donors (Lipinski definition) is 2. The Morgan fingerprint density at radius 2 is 1.65 bits per heavy atom. The second-order valence-corrected chi connectivity index (χ2v) is 5.57. The molecule has 0 saturated heterocycles. The van der Waals surface area contributed by atoms with Crippen LogP contribution in [0.1, 0.15) is 0 Å². The third-order valence-electron chi connectivity index (χ3n) is 2.75. The normalized spacial score (nSPS) is 11.3. The van der Waals surface area contributed by atoms with Crippen molar-refractivity contribution in [3.8, 4) is 0 Å². The molecule has 0 bridgehead atoms. The minimum Gasteiger partial charge on any atom is -0.369 e. The van der Waals surface area contributed by atoms with Crippen LogP contribution in [0.3, 0.4) is 0 Å². The van der Waals surface area contributed by atoms with Crippen molar-refractivity contribution in [3.63, 3.8) is 0 Å². The number of anilines is 1. The third-order valence-corrected chi connectivity index (χ3v) is 3.66. The molecule has 0 heterocycles. The standard InChI is InChI=1S/C15H17N3S2/c16-15(17-13-7-3-1-4-8-13)18(11-12-20-19)14-9-5-2-6-10-14/h1-10,19H,11-12H2,(H2,16,17). The van der Waals surface area contributed by atoms with E-state index in [1.165, 1.54) is 10.8 Å². The molecule has 0 aliphatic rings. The molecular formula is C15H17N3S2. The molecule has 0 aliphatic heterocycles. The number of thiol groups is 1. The van der Waals surface area contributed by atoms with Crippen LogP contribution in [0.4, 0.5) is 11.4 Å². The van der Waals surface area contributed by atoms with Gasteiger partial charge >= 0.3 is 0 Å².